The van der Waals surface area contributed by atoms with Gasteiger partial charge in [0.1, 0.15) is 0 Å². The molecule has 4 nitrogen and oxygen atoms in total. The molecule has 2 N–H and O–H groups in total. The number of hydrogen-bond donors (Lipinski definition) is 2. The van der Waals surface area contributed by atoms with Crippen molar-refractivity contribution < 1.29 is 4.79 Å². The van der Waals surface area contributed by atoms with Crippen molar-refractivity contribution in [3.63, 3.8) is 0 Å². The van der Waals surface area contributed by atoms with Crippen LogP contribution >= 0.6 is 12.4 Å². The fourth-order valence-corrected chi connectivity index (χ4v) is 2.24. The van der Waals surface area contributed by atoms with Crippen LogP contribution in [0.3, 0.4) is 0 Å². The van der Waals surface area contributed by atoms with Crippen LogP contribution in [0.1, 0.15) is 26.7 Å². The molecule has 112 valence electrons. The van der Waals surface area contributed by atoms with Gasteiger partial charge in [0.25, 0.3) is 0 Å². The van der Waals surface area contributed by atoms with Crippen LogP contribution in [0, 0.1) is 0 Å². The van der Waals surface area contributed by atoms with Crippen LogP contribution in [0.2, 0.25) is 0 Å². The number of rotatable bonds is 4. The van der Waals surface area contributed by atoms with E-state index in [0.29, 0.717) is 6.04 Å². The summed E-state index contributed by atoms with van der Waals surface area (Å²) in [4.78, 5) is 14.2. The molecule has 1 saturated heterocycles. The summed E-state index contributed by atoms with van der Waals surface area (Å²) in [5.41, 5.74) is 1.98. The molecule has 1 aliphatic heterocycles. The summed E-state index contributed by atoms with van der Waals surface area (Å²) in [6, 6.07) is 8.39. The van der Waals surface area contributed by atoms with E-state index in [-0.39, 0.29) is 24.4 Å². The van der Waals surface area contributed by atoms with E-state index < -0.39 is 0 Å². The Morgan fingerprint density at radius 2 is 2.20 bits per heavy atom. The zero-order valence-electron chi connectivity index (χ0n) is 12.3. The number of hydrogen-bond acceptors (Lipinski definition) is 3. The fraction of sp³-hybridized carbons (Fsp3) is 0.533. The molecule has 1 aliphatic rings. The van der Waals surface area contributed by atoms with Gasteiger partial charge in [-0.05, 0) is 51.4 Å². The Balaban J connectivity index is 0.00000200. The van der Waals surface area contributed by atoms with Crippen LogP contribution < -0.4 is 15.5 Å². The molecule has 0 aliphatic carbocycles. The second-order valence-corrected chi connectivity index (χ2v) is 5.39. The van der Waals surface area contributed by atoms with Crippen molar-refractivity contribution in [1.82, 2.24) is 5.32 Å². The highest BCUT2D eigenvalue weighted by atomic mass is 35.5. The third-order valence-electron chi connectivity index (χ3n) is 3.67. The third-order valence-corrected chi connectivity index (χ3v) is 3.67. The number of carbonyl (C=O) groups is 1. The second kappa shape index (κ2) is 7.50. The molecule has 0 bridgehead atoms. The number of benzene rings is 1. The van der Waals surface area contributed by atoms with E-state index in [1.165, 1.54) is 0 Å². The van der Waals surface area contributed by atoms with E-state index in [1.807, 2.05) is 18.2 Å². The van der Waals surface area contributed by atoms with E-state index in [9.17, 15) is 4.79 Å². The van der Waals surface area contributed by atoms with E-state index in [0.717, 1.165) is 30.8 Å². The molecule has 1 unspecified atom stereocenters. The Morgan fingerprint density at radius 3 is 2.80 bits per heavy atom. The van der Waals surface area contributed by atoms with Crippen LogP contribution in [-0.4, -0.2) is 31.6 Å². The summed E-state index contributed by atoms with van der Waals surface area (Å²) in [5.74, 6) is 0.0712. The number of carbonyl (C=O) groups excluding carboxylic acids is 1. The molecule has 20 heavy (non-hydrogen) atoms. The van der Waals surface area contributed by atoms with Gasteiger partial charge in [-0.15, -0.1) is 12.4 Å². The molecule has 0 saturated carbocycles. The first-order valence-corrected chi connectivity index (χ1v) is 6.95. The summed E-state index contributed by atoms with van der Waals surface area (Å²) in [5, 5.41) is 6.20. The van der Waals surface area contributed by atoms with Gasteiger partial charge in [0.15, 0.2) is 0 Å². The molecule has 5 heteroatoms. The van der Waals surface area contributed by atoms with Crippen LogP contribution in [0.25, 0.3) is 0 Å². The van der Waals surface area contributed by atoms with E-state index in [4.69, 9.17) is 0 Å². The lowest BCUT2D eigenvalue weighted by Crippen LogP contribution is -2.35. The minimum absolute atomic E-state index is 0. The maximum atomic E-state index is 12.0. The Morgan fingerprint density at radius 1 is 1.45 bits per heavy atom. The van der Waals surface area contributed by atoms with Crippen molar-refractivity contribution >= 4 is 29.7 Å². The van der Waals surface area contributed by atoms with Gasteiger partial charge >= 0.3 is 0 Å². The Hall–Kier alpha value is -1.26. The molecule has 0 spiro atoms. The van der Waals surface area contributed by atoms with E-state index in [2.05, 4.69) is 42.5 Å². The summed E-state index contributed by atoms with van der Waals surface area (Å²) in [6.07, 6.45) is 2.01. The number of amides is 1. The van der Waals surface area contributed by atoms with Gasteiger partial charge in [-0.1, -0.05) is 6.07 Å². The minimum Gasteiger partial charge on any atom is -0.372 e. The molecule has 1 atom stereocenters. The lowest BCUT2D eigenvalue weighted by Gasteiger charge is -2.24. The van der Waals surface area contributed by atoms with Crippen molar-refractivity contribution in [3.05, 3.63) is 24.3 Å². The number of nitrogens with zero attached hydrogens (tertiary/aromatic N) is 1. The highest BCUT2D eigenvalue weighted by Crippen LogP contribution is 2.20. The van der Waals surface area contributed by atoms with E-state index in [1.54, 1.807) is 0 Å². The monoisotopic (exact) mass is 297 g/mol. The van der Waals surface area contributed by atoms with Crippen LogP contribution in [0.15, 0.2) is 24.3 Å². The first kappa shape index (κ1) is 16.8. The predicted octanol–water partition coefficient (Wildman–Crippen LogP) is 2.64. The fourth-order valence-electron chi connectivity index (χ4n) is 2.24. The zero-order valence-corrected chi connectivity index (χ0v) is 13.2. The first-order chi connectivity index (χ1) is 9.08. The molecule has 1 aromatic carbocycles. The van der Waals surface area contributed by atoms with Crippen molar-refractivity contribution in [2.45, 2.75) is 38.8 Å². The van der Waals surface area contributed by atoms with Crippen LogP contribution in [-0.2, 0) is 4.79 Å². The number of nitrogens with one attached hydrogen (secondary N) is 2. The largest absolute Gasteiger partial charge is 0.372 e. The lowest BCUT2D eigenvalue weighted by atomic mass is 10.2. The van der Waals surface area contributed by atoms with Gasteiger partial charge < -0.3 is 15.5 Å². The predicted molar refractivity (Wildman–Crippen MR) is 86.9 cm³/mol. The summed E-state index contributed by atoms with van der Waals surface area (Å²) in [7, 11) is 2.06. The van der Waals surface area contributed by atoms with Gasteiger partial charge in [0.05, 0.1) is 6.04 Å². The maximum Gasteiger partial charge on any atom is 0.241 e. The summed E-state index contributed by atoms with van der Waals surface area (Å²) >= 11 is 0. The van der Waals surface area contributed by atoms with Gasteiger partial charge in [0, 0.05) is 24.5 Å². The molecule has 1 amide bonds. The Bertz CT molecular complexity index is 444. The standard InChI is InChI=1S/C15H23N3O.ClH/c1-11(2)18(3)13-7-4-6-12(10-13)17-15(19)14-8-5-9-16-14;/h4,6-7,10-11,14,16H,5,8-9H2,1-3H3,(H,17,19);1H. The highest BCUT2D eigenvalue weighted by Gasteiger charge is 2.21. The van der Waals surface area contributed by atoms with Gasteiger partial charge in [-0.2, -0.15) is 0 Å². The molecular weight excluding hydrogens is 274 g/mol. The number of anilines is 2. The Labute approximate surface area is 127 Å². The van der Waals surface area contributed by atoms with Crippen molar-refractivity contribution in [2.75, 3.05) is 23.8 Å². The van der Waals surface area contributed by atoms with E-state index >= 15 is 0 Å². The smallest absolute Gasteiger partial charge is 0.241 e. The molecule has 1 heterocycles. The summed E-state index contributed by atoms with van der Waals surface area (Å²) in [6.45, 7) is 5.23. The normalized spacial score (nSPS) is 17.7. The lowest BCUT2D eigenvalue weighted by molar-refractivity contribution is -0.117. The molecule has 1 fully saturated rings. The van der Waals surface area contributed by atoms with Crippen molar-refractivity contribution in [1.29, 1.82) is 0 Å². The quantitative estimate of drug-likeness (QED) is 0.898. The zero-order chi connectivity index (χ0) is 13.8. The minimum atomic E-state index is -0.0357. The average Bonchev–Trinajstić information content (AvgIpc) is 2.92. The highest BCUT2D eigenvalue weighted by molar-refractivity contribution is 5.95. The summed E-state index contributed by atoms with van der Waals surface area (Å²) < 4.78 is 0. The van der Waals surface area contributed by atoms with Crippen LogP contribution in [0.4, 0.5) is 11.4 Å². The topological polar surface area (TPSA) is 44.4 Å². The SMILES string of the molecule is CC(C)N(C)c1cccc(NC(=O)C2CCCN2)c1.Cl. The van der Waals surface area contributed by atoms with Crippen molar-refractivity contribution in [3.8, 4) is 0 Å². The number of halogens is 1. The molecule has 2 rings (SSSR count). The van der Waals surface area contributed by atoms with Gasteiger partial charge in [-0.3, -0.25) is 4.79 Å². The Kier molecular flexibility index (Phi) is 6.30. The molecule has 1 aromatic rings. The molecule has 0 aromatic heterocycles. The van der Waals surface area contributed by atoms with Crippen molar-refractivity contribution in [2.24, 2.45) is 0 Å². The molecule has 0 radical (unpaired) electrons. The average molecular weight is 298 g/mol. The maximum absolute atomic E-state index is 12.0. The second-order valence-electron chi connectivity index (χ2n) is 5.39. The van der Waals surface area contributed by atoms with Gasteiger partial charge in [0.2, 0.25) is 5.91 Å². The van der Waals surface area contributed by atoms with Gasteiger partial charge in [-0.25, -0.2) is 0 Å². The van der Waals surface area contributed by atoms with Crippen LogP contribution in [0.5, 0.6) is 0 Å². The third kappa shape index (κ3) is 4.12. The molecular formula is C15H24ClN3O. The first-order valence-electron chi connectivity index (χ1n) is 6.95.